The van der Waals surface area contributed by atoms with Crippen molar-refractivity contribution in [3.8, 4) is 0 Å². The molecule has 0 spiro atoms. The molecular formula is C23H47NO3PS+. The molecular weight excluding hydrogens is 401 g/mol. The van der Waals surface area contributed by atoms with Crippen LogP contribution in [0.3, 0.4) is 0 Å². The number of rotatable bonds is 19. The fourth-order valence-corrected chi connectivity index (χ4v) is 5.62. The van der Waals surface area contributed by atoms with Crippen molar-refractivity contribution < 1.29 is 19.3 Å². The van der Waals surface area contributed by atoms with Crippen molar-refractivity contribution in [2.45, 2.75) is 96.8 Å². The maximum absolute atomic E-state index is 12.0. The van der Waals surface area contributed by atoms with E-state index >= 15 is 0 Å². The van der Waals surface area contributed by atoms with E-state index in [4.69, 9.17) is 0 Å². The number of likely N-dealkylation sites (N-methyl/N-ethyl adjacent to an activating group) is 1. The molecule has 1 N–H and O–H groups in total. The quantitative estimate of drug-likeness (QED) is 0.157. The Morgan fingerprint density at radius 1 is 0.862 bits per heavy atom. The highest BCUT2D eigenvalue weighted by atomic mass is 32.2. The van der Waals surface area contributed by atoms with Crippen LogP contribution >= 0.6 is 19.5 Å². The van der Waals surface area contributed by atoms with Gasteiger partial charge in [-0.2, -0.15) is 0 Å². The lowest BCUT2D eigenvalue weighted by Crippen LogP contribution is -2.39. The van der Waals surface area contributed by atoms with E-state index in [0.717, 1.165) is 12.8 Å². The zero-order valence-corrected chi connectivity index (χ0v) is 21.3. The minimum absolute atomic E-state index is 0.0667. The summed E-state index contributed by atoms with van der Waals surface area (Å²) < 4.78 is 0.554. The van der Waals surface area contributed by atoms with Gasteiger partial charge in [-0.1, -0.05) is 95.7 Å². The van der Waals surface area contributed by atoms with Crippen molar-refractivity contribution in [1.82, 2.24) is 0 Å². The molecule has 0 aliphatic heterocycles. The first-order valence-electron chi connectivity index (χ1n) is 11.7. The molecule has 0 fully saturated rings. The van der Waals surface area contributed by atoms with Crippen molar-refractivity contribution in [3.05, 3.63) is 0 Å². The third-order valence-corrected chi connectivity index (χ3v) is 7.53. The second-order valence-corrected chi connectivity index (χ2v) is 12.1. The number of unbranched alkanes of at least 4 members (excludes halogenated alkanes) is 12. The van der Waals surface area contributed by atoms with Crippen LogP contribution < -0.4 is 4.89 Å². The Morgan fingerprint density at radius 3 is 1.76 bits per heavy atom. The van der Waals surface area contributed by atoms with Crippen LogP contribution in [0.4, 0.5) is 0 Å². The number of carbonyl (C=O) groups is 1. The first kappa shape index (κ1) is 29.1. The summed E-state index contributed by atoms with van der Waals surface area (Å²) in [5.41, 5.74) is 0.0667. The van der Waals surface area contributed by atoms with E-state index in [-0.39, 0.29) is 10.6 Å². The molecule has 172 valence electrons. The summed E-state index contributed by atoms with van der Waals surface area (Å²) in [6.45, 7) is 2.66. The van der Waals surface area contributed by atoms with Crippen molar-refractivity contribution in [2.75, 3.05) is 39.6 Å². The van der Waals surface area contributed by atoms with Gasteiger partial charge in [-0.15, -0.1) is 0 Å². The lowest BCUT2D eigenvalue weighted by molar-refractivity contribution is -0.861. The smallest absolute Gasteiger partial charge is 0.273 e. The van der Waals surface area contributed by atoms with E-state index in [0.29, 0.717) is 29.4 Å². The molecule has 1 unspecified atom stereocenters. The van der Waals surface area contributed by atoms with E-state index < -0.39 is 7.77 Å². The maximum atomic E-state index is 12.0. The Kier molecular flexibility index (Phi) is 18.9. The largest absolute Gasteiger partial charge is 0.628 e. The SMILES string of the molecule is CCCCCCCCCCCCCCCC(=O)SCC/[P+]([O-])=C(\O)C[N+](C)(C)C. The molecule has 0 aromatic carbocycles. The predicted molar refractivity (Wildman–Crippen MR) is 129 cm³/mol. The highest BCUT2D eigenvalue weighted by Gasteiger charge is 2.17. The van der Waals surface area contributed by atoms with Gasteiger partial charge in [0.05, 0.1) is 28.9 Å². The monoisotopic (exact) mass is 448 g/mol. The van der Waals surface area contributed by atoms with E-state index in [1.54, 1.807) is 0 Å². The third-order valence-electron chi connectivity index (χ3n) is 4.95. The second kappa shape index (κ2) is 18.8. The first-order valence-corrected chi connectivity index (χ1v) is 14.1. The average Bonchev–Trinajstić information content (AvgIpc) is 2.64. The van der Waals surface area contributed by atoms with Crippen LogP contribution in [-0.2, 0) is 4.79 Å². The number of hydrogen-bond donors (Lipinski definition) is 1. The fraction of sp³-hybridized carbons (Fsp3) is 0.913. The Morgan fingerprint density at radius 2 is 1.31 bits per heavy atom. The summed E-state index contributed by atoms with van der Waals surface area (Å²) in [6.07, 6.45) is 18.0. The van der Waals surface area contributed by atoms with E-state index in [2.05, 4.69) is 6.92 Å². The van der Waals surface area contributed by atoms with Crippen LogP contribution in [0.15, 0.2) is 0 Å². The van der Waals surface area contributed by atoms with Gasteiger partial charge in [-0.05, 0) is 6.42 Å². The Bertz CT molecular complexity index is 450. The standard InChI is InChI=1S/C23H46NO3PS/c1-5-6-7-8-9-10-11-12-13-14-15-16-17-18-23(26)29-20-19-28(27)22(25)21-24(2,3)4/h5-21H2,1-4H3/p+1. The second-order valence-electron chi connectivity index (χ2n) is 9.18. The number of aliphatic hydroxyl groups is 1. The summed E-state index contributed by atoms with van der Waals surface area (Å²) in [4.78, 5) is 23.9. The van der Waals surface area contributed by atoms with Gasteiger partial charge >= 0.3 is 0 Å². The first-order chi connectivity index (χ1) is 13.8. The number of carbonyl (C=O) groups excluding carboxylic acids is 1. The number of aliphatic hydroxyl groups excluding tert-OH is 1. The van der Waals surface area contributed by atoms with Crippen molar-refractivity contribution >= 4 is 30.1 Å². The van der Waals surface area contributed by atoms with Gasteiger partial charge in [0.1, 0.15) is 6.16 Å². The molecule has 0 bridgehead atoms. The van der Waals surface area contributed by atoms with Gasteiger partial charge in [-0.25, -0.2) is 0 Å². The number of thioether (sulfide) groups is 1. The molecule has 0 amide bonds. The molecule has 0 aliphatic rings. The highest BCUT2D eigenvalue weighted by molar-refractivity contribution is 8.13. The summed E-state index contributed by atoms with van der Waals surface area (Å²) in [7, 11) is 4.12. The number of quaternary nitrogens is 1. The van der Waals surface area contributed by atoms with Crippen molar-refractivity contribution in [2.24, 2.45) is 0 Å². The zero-order chi connectivity index (χ0) is 22.0. The highest BCUT2D eigenvalue weighted by Crippen LogP contribution is 2.19. The molecule has 1 atom stereocenters. The van der Waals surface area contributed by atoms with Gasteiger partial charge in [-0.3, -0.25) is 4.79 Å². The number of nitrogens with zero attached hydrogens (tertiary/aromatic N) is 1. The summed E-state index contributed by atoms with van der Waals surface area (Å²) in [6, 6.07) is 0. The maximum Gasteiger partial charge on any atom is 0.273 e. The minimum Gasteiger partial charge on any atom is -0.628 e. The van der Waals surface area contributed by atoms with Gasteiger partial charge in [0, 0.05) is 12.2 Å². The molecule has 0 rings (SSSR count). The zero-order valence-electron chi connectivity index (χ0n) is 19.6. The van der Waals surface area contributed by atoms with Crippen molar-refractivity contribution in [3.63, 3.8) is 0 Å². The van der Waals surface area contributed by atoms with E-state index in [9.17, 15) is 14.8 Å². The Labute approximate surface area is 185 Å². The van der Waals surface area contributed by atoms with Crippen LogP contribution in [-0.4, -0.2) is 59.8 Å². The van der Waals surface area contributed by atoms with Crippen LogP contribution in [0.5, 0.6) is 0 Å². The van der Waals surface area contributed by atoms with Crippen LogP contribution in [0.2, 0.25) is 0 Å². The van der Waals surface area contributed by atoms with E-state index in [1.807, 2.05) is 21.1 Å². The Balaban J connectivity index is 3.49. The van der Waals surface area contributed by atoms with Crippen LogP contribution in [0.25, 0.3) is 0 Å². The summed E-state index contributed by atoms with van der Waals surface area (Å²) >= 11 is 1.27. The Hall–Kier alpha value is 0.0700. The number of hydrogen-bond acceptors (Lipinski definition) is 3. The van der Waals surface area contributed by atoms with Gasteiger partial charge < -0.3 is 14.5 Å². The van der Waals surface area contributed by atoms with Crippen LogP contribution in [0, 0.1) is 0 Å². The average molecular weight is 449 g/mol. The van der Waals surface area contributed by atoms with Gasteiger partial charge in [0.25, 0.3) is 5.48 Å². The summed E-state index contributed by atoms with van der Waals surface area (Å²) in [5, 5.41) is 10.1. The molecule has 0 saturated carbocycles. The third kappa shape index (κ3) is 21.1. The molecule has 6 heteroatoms. The minimum atomic E-state index is -1.74. The molecule has 0 heterocycles. The normalized spacial score (nSPS) is 12.9. The van der Waals surface area contributed by atoms with Crippen LogP contribution in [0.1, 0.15) is 96.8 Å². The molecule has 0 radical (unpaired) electrons. The molecule has 0 aromatic rings. The topological polar surface area (TPSA) is 60.4 Å². The molecule has 0 aliphatic carbocycles. The fourth-order valence-electron chi connectivity index (χ4n) is 3.23. The van der Waals surface area contributed by atoms with E-state index in [1.165, 1.54) is 82.4 Å². The lowest BCUT2D eigenvalue weighted by Gasteiger charge is -2.22. The van der Waals surface area contributed by atoms with Crippen molar-refractivity contribution in [1.29, 1.82) is 0 Å². The lowest BCUT2D eigenvalue weighted by atomic mass is 10.0. The van der Waals surface area contributed by atoms with Gasteiger partial charge in [0.15, 0.2) is 11.7 Å². The van der Waals surface area contributed by atoms with Gasteiger partial charge in [0.2, 0.25) is 0 Å². The molecule has 4 nitrogen and oxygen atoms in total. The molecule has 0 aromatic heterocycles. The molecule has 0 saturated heterocycles. The molecule has 29 heavy (non-hydrogen) atoms. The summed E-state index contributed by atoms with van der Waals surface area (Å²) in [5.74, 6) is 0.535. The predicted octanol–water partition coefficient (Wildman–Crippen LogP) is 5.69.